The van der Waals surface area contributed by atoms with Gasteiger partial charge in [-0.25, -0.2) is 0 Å². The summed E-state index contributed by atoms with van der Waals surface area (Å²) >= 11 is 0. The number of rotatable bonds is 3. The van der Waals surface area contributed by atoms with Gasteiger partial charge in [-0.2, -0.15) is 0 Å². The van der Waals surface area contributed by atoms with Crippen molar-refractivity contribution >= 4 is 13.2 Å². The van der Waals surface area contributed by atoms with Crippen LogP contribution >= 0.6 is 0 Å². The monoisotopic (exact) mass is 387 g/mol. The first-order chi connectivity index (χ1) is 12.5. The summed E-state index contributed by atoms with van der Waals surface area (Å²) in [7, 11) is -0.522. The van der Waals surface area contributed by atoms with E-state index in [1.807, 2.05) is 39.8 Å². The van der Waals surface area contributed by atoms with Crippen LogP contribution < -0.4 is 5.73 Å². The molecule has 0 atom stereocenters. The van der Waals surface area contributed by atoms with Crippen molar-refractivity contribution in [1.82, 2.24) is 0 Å². The summed E-state index contributed by atoms with van der Waals surface area (Å²) in [5.41, 5.74) is 8.66. The van der Waals surface area contributed by atoms with E-state index in [0.29, 0.717) is 12.3 Å². The Balaban J connectivity index is 2.59. The molecule has 0 radical (unpaired) electrons. The van der Waals surface area contributed by atoms with Crippen molar-refractivity contribution < 1.29 is 14.4 Å². The Hall–Kier alpha value is -1.30. The third-order valence-electron chi connectivity index (χ3n) is 5.95. The van der Waals surface area contributed by atoms with E-state index in [2.05, 4.69) is 47.6 Å². The van der Waals surface area contributed by atoms with Crippen molar-refractivity contribution in [3.8, 4) is 5.75 Å². The Morgan fingerprint density at radius 2 is 1.50 bits per heavy atom. The lowest BCUT2D eigenvalue weighted by atomic mass is 9.75. The molecule has 0 saturated carbocycles. The molecule has 2 rings (SSSR count). The van der Waals surface area contributed by atoms with E-state index in [1.165, 1.54) is 5.56 Å². The standard InChI is InChI=1S/C23H38BNO3/c1-20(2,3)16-11-15(19(26)18(13-16)21(4,5)6)12-17(14-25)24-27-22(7,8)23(9,10)28-24/h11-13,26H,14,25H2,1-10H3. The second-order valence-electron chi connectivity index (χ2n) is 11.0. The van der Waals surface area contributed by atoms with E-state index in [-0.39, 0.29) is 10.8 Å². The van der Waals surface area contributed by atoms with Gasteiger partial charge in [-0.05, 0) is 55.6 Å². The van der Waals surface area contributed by atoms with Crippen LogP contribution in [0.5, 0.6) is 5.75 Å². The number of benzene rings is 1. The maximum absolute atomic E-state index is 11.0. The van der Waals surface area contributed by atoms with Crippen LogP contribution in [0.3, 0.4) is 0 Å². The molecule has 0 aromatic heterocycles. The molecule has 0 aliphatic carbocycles. The van der Waals surface area contributed by atoms with Crippen LogP contribution in [-0.2, 0) is 20.1 Å². The fourth-order valence-electron chi connectivity index (χ4n) is 3.19. The molecule has 28 heavy (non-hydrogen) atoms. The number of hydrogen-bond donors (Lipinski definition) is 2. The summed E-state index contributed by atoms with van der Waals surface area (Å²) in [6, 6.07) is 4.16. The first-order valence-electron chi connectivity index (χ1n) is 10.1. The summed E-state index contributed by atoms with van der Waals surface area (Å²) < 4.78 is 12.3. The van der Waals surface area contributed by atoms with Crippen LogP contribution in [0.25, 0.3) is 6.08 Å². The van der Waals surface area contributed by atoms with E-state index in [9.17, 15) is 5.11 Å². The summed E-state index contributed by atoms with van der Waals surface area (Å²) in [4.78, 5) is 0. The van der Waals surface area contributed by atoms with Gasteiger partial charge in [-0.1, -0.05) is 53.7 Å². The highest BCUT2D eigenvalue weighted by Crippen LogP contribution is 2.41. The molecule has 0 spiro atoms. The van der Waals surface area contributed by atoms with E-state index in [4.69, 9.17) is 15.0 Å². The average Bonchev–Trinajstić information content (AvgIpc) is 2.71. The topological polar surface area (TPSA) is 64.7 Å². The molecule has 0 amide bonds. The van der Waals surface area contributed by atoms with Gasteiger partial charge >= 0.3 is 7.12 Å². The molecule has 3 N–H and O–H groups in total. The van der Waals surface area contributed by atoms with Gasteiger partial charge in [-0.3, -0.25) is 0 Å². The minimum Gasteiger partial charge on any atom is -0.507 e. The van der Waals surface area contributed by atoms with Gasteiger partial charge in [0.2, 0.25) is 0 Å². The molecule has 1 fully saturated rings. The maximum Gasteiger partial charge on any atom is 0.491 e. The number of aromatic hydroxyl groups is 1. The van der Waals surface area contributed by atoms with Gasteiger partial charge in [-0.15, -0.1) is 0 Å². The molecule has 1 heterocycles. The van der Waals surface area contributed by atoms with Crippen LogP contribution in [0.2, 0.25) is 0 Å². The predicted octanol–water partition coefficient (Wildman–Crippen LogP) is 4.96. The van der Waals surface area contributed by atoms with Gasteiger partial charge in [0.1, 0.15) is 5.75 Å². The smallest absolute Gasteiger partial charge is 0.491 e. The lowest BCUT2D eigenvalue weighted by Crippen LogP contribution is -2.41. The molecule has 4 nitrogen and oxygen atoms in total. The van der Waals surface area contributed by atoms with Crippen molar-refractivity contribution in [2.75, 3.05) is 6.54 Å². The minimum atomic E-state index is -0.522. The van der Waals surface area contributed by atoms with E-state index < -0.39 is 18.3 Å². The van der Waals surface area contributed by atoms with Crippen LogP contribution in [0, 0.1) is 0 Å². The highest BCUT2D eigenvalue weighted by molar-refractivity contribution is 6.56. The van der Waals surface area contributed by atoms with E-state index in [1.54, 1.807) is 0 Å². The van der Waals surface area contributed by atoms with Gasteiger partial charge in [0.05, 0.1) is 11.2 Å². The Morgan fingerprint density at radius 3 is 1.89 bits per heavy atom. The van der Waals surface area contributed by atoms with Gasteiger partial charge in [0.15, 0.2) is 0 Å². The molecule has 5 heteroatoms. The van der Waals surface area contributed by atoms with Gasteiger partial charge in [0.25, 0.3) is 0 Å². The first kappa shape index (κ1) is 23.0. The normalized spacial score (nSPS) is 20.0. The predicted molar refractivity (Wildman–Crippen MR) is 119 cm³/mol. The van der Waals surface area contributed by atoms with Crippen LogP contribution in [0.4, 0.5) is 0 Å². The number of hydrogen-bond acceptors (Lipinski definition) is 4. The molecule has 0 unspecified atom stereocenters. The van der Waals surface area contributed by atoms with Crippen molar-refractivity contribution in [1.29, 1.82) is 0 Å². The Bertz CT molecular complexity index is 751. The third-order valence-corrected chi connectivity index (χ3v) is 5.95. The van der Waals surface area contributed by atoms with E-state index >= 15 is 0 Å². The minimum absolute atomic E-state index is 0.0382. The largest absolute Gasteiger partial charge is 0.507 e. The van der Waals surface area contributed by atoms with Gasteiger partial charge < -0.3 is 20.1 Å². The lowest BCUT2D eigenvalue weighted by molar-refractivity contribution is 0.00578. The number of phenolic OH excluding ortho intramolecular Hbond substituents is 1. The summed E-state index contributed by atoms with van der Waals surface area (Å²) in [6.45, 7) is 21.3. The number of nitrogens with two attached hydrogens (primary N) is 1. The SMILES string of the molecule is CC(C)(C)c1cc(C=C(CN)B2OC(C)(C)C(C)(C)O2)c(O)c(C(C)(C)C)c1. The highest BCUT2D eigenvalue weighted by atomic mass is 16.7. The van der Waals surface area contributed by atoms with Crippen molar-refractivity contribution in [2.45, 2.75) is 91.3 Å². The zero-order valence-electron chi connectivity index (χ0n) is 19.4. The summed E-state index contributed by atoms with van der Waals surface area (Å²) in [6.07, 6.45) is 1.93. The Kier molecular flexibility index (Phi) is 5.90. The second kappa shape index (κ2) is 7.19. The number of phenols is 1. The molecular weight excluding hydrogens is 349 g/mol. The average molecular weight is 387 g/mol. The van der Waals surface area contributed by atoms with Crippen LogP contribution in [-0.4, -0.2) is 30.0 Å². The van der Waals surface area contributed by atoms with Crippen LogP contribution in [0.15, 0.2) is 17.6 Å². The third kappa shape index (κ3) is 4.47. The first-order valence-corrected chi connectivity index (χ1v) is 10.1. The molecule has 1 aliphatic rings. The zero-order chi connectivity index (χ0) is 21.7. The second-order valence-corrected chi connectivity index (χ2v) is 11.0. The van der Waals surface area contributed by atoms with Crippen molar-refractivity contribution in [3.05, 3.63) is 34.3 Å². The Morgan fingerprint density at radius 1 is 1.00 bits per heavy atom. The lowest BCUT2D eigenvalue weighted by Gasteiger charge is -2.32. The quantitative estimate of drug-likeness (QED) is 0.720. The molecule has 0 bridgehead atoms. The van der Waals surface area contributed by atoms with Crippen molar-refractivity contribution in [3.63, 3.8) is 0 Å². The van der Waals surface area contributed by atoms with Crippen LogP contribution in [0.1, 0.15) is 85.9 Å². The maximum atomic E-state index is 11.0. The zero-order valence-corrected chi connectivity index (χ0v) is 19.4. The van der Waals surface area contributed by atoms with Gasteiger partial charge in [0, 0.05) is 17.7 Å². The van der Waals surface area contributed by atoms with E-state index in [0.717, 1.165) is 16.6 Å². The fraction of sp³-hybridized carbons (Fsp3) is 0.652. The molecule has 1 saturated heterocycles. The summed E-state index contributed by atoms with van der Waals surface area (Å²) in [5.74, 6) is 0.294. The molecule has 156 valence electrons. The molecule has 1 aromatic rings. The molecule has 1 aromatic carbocycles. The van der Waals surface area contributed by atoms with Crippen molar-refractivity contribution in [2.24, 2.45) is 5.73 Å². The molecule has 1 aliphatic heterocycles. The highest BCUT2D eigenvalue weighted by Gasteiger charge is 2.52. The molecular formula is C23H38BNO3. The fourth-order valence-corrected chi connectivity index (χ4v) is 3.19. The summed E-state index contributed by atoms with van der Waals surface area (Å²) in [5, 5.41) is 11.0. The Labute approximate surface area is 171 Å².